The molecule has 1 amide bonds. The molecule has 0 spiro atoms. The number of nitrogens with one attached hydrogen (secondary N) is 2. The van der Waals surface area contributed by atoms with Crippen molar-refractivity contribution >= 4 is 16.8 Å². The number of aromatic nitrogens is 1. The van der Waals surface area contributed by atoms with Crippen molar-refractivity contribution < 1.29 is 4.79 Å². The lowest BCUT2D eigenvalue weighted by Crippen LogP contribution is -2.42. The van der Waals surface area contributed by atoms with Crippen molar-refractivity contribution in [3.63, 3.8) is 0 Å². The van der Waals surface area contributed by atoms with Gasteiger partial charge in [0.2, 0.25) is 5.91 Å². The first-order valence-corrected chi connectivity index (χ1v) is 10.9. The van der Waals surface area contributed by atoms with Gasteiger partial charge in [-0.15, -0.1) is 0 Å². The Hall–Kier alpha value is -2.59. The number of piperidine rings is 1. The van der Waals surface area contributed by atoms with Crippen molar-refractivity contribution in [1.82, 2.24) is 15.2 Å². The fraction of sp³-hybridized carbons (Fsp3) is 0.400. The van der Waals surface area contributed by atoms with Crippen molar-refractivity contribution in [2.75, 3.05) is 19.6 Å². The van der Waals surface area contributed by atoms with Crippen LogP contribution in [0.2, 0.25) is 0 Å². The molecule has 1 aliphatic carbocycles. The predicted octanol–water partition coefficient (Wildman–Crippen LogP) is 4.54. The predicted molar refractivity (Wildman–Crippen MR) is 117 cm³/mol. The quantitative estimate of drug-likeness (QED) is 0.690. The molecule has 0 saturated carbocycles. The lowest BCUT2D eigenvalue weighted by molar-refractivity contribution is -0.123. The number of H-pyrrole nitrogens is 1. The van der Waals surface area contributed by atoms with Crippen molar-refractivity contribution in [2.24, 2.45) is 0 Å². The molecule has 1 fully saturated rings. The third kappa shape index (κ3) is 3.82. The molecule has 1 aliphatic heterocycles. The van der Waals surface area contributed by atoms with Gasteiger partial charge in [-0.2, -0.15) is 0 Å². The molecule has 2 N–H and O–H groups in total. The molecule has 2 aliphatic rings. The Morgan fingerprint density at radius 2 is 1.79 bits per heavy atom. The van der Waals surface area contributed by atoms with E-state index in [-0.39, 0.29) is 11.9 Å². The minimum absolute atomic E-state index is 0.164. The molecule has 0 bridgehead atoms. The van der Waals surface area contributed by atoms with Gasteiger partial charge in [0.05, 0.1) is 12.6 Å². The first-order chi connectivity index (χ1) is 14.3. The number of aryl methyl sites for hydroxylation is 1. The summed E-state index contributed by atoms with van der Waals surface area (Å²) >= 11 is 0. The van der Waals surface area contributed by atoms with E-state index in [9.17, 15) is 4.79 Å². The second kappa shape index (κ2) is 8.03. The van der Waals surface area contributed by atoms with Gasteiger partial charge in [0.1, 0.15) is 0 Å². The van der Waals surface area contributed by atoms with Gasteiger partial charge in [0, 0.05) is 17.1 Å². The highest BCUT2D eigenvalue weighted by Crippen LogP contribution is 2.33. The molecule has 4 heteroatoms. The molecule has 1 atom stereocenters. The van der Waals surface area contributed by atoms with Gasteiger partial charge in [0.15, 0.2) is 0 Å². The minimum Gasteiger partial charge on any atom is -0.361 e. The minimum atomic E-state index is 0.164. The van der Waals surface area contributed by atoms with E-state index in [1.54, 1.807) is 0 Å². The Labute approximate surface area is 172 Å². The molecule has 5 rings (SSSR count). The zero-order valence-corrected chi connectivity index (χ0v) is 16.9. The molecular formula is C25H29N3O. The third-order valence-electron chi connectivity index (χ3n) is 6.72. The summed E-state index contributed by atoms with van der Waals surface area (Å²) in [6.45, 7) is 2.48. The Morgan fingerprint density at radius 3 is 2.69 bits per heavy atom. The Kier molecular flexibility index (Phi) is 5.11. The number of rotatable bonds is 4. The van der Waals surface area contributed by atoms with Crippen LogP contribution < -0.4 is 5.32 Å². The van der Waals surface area contributed by atoms with E-state index < -0.39 is 0 Å². The first kappa shape index (κ1) is 18.4. The lowest BCUT2D eigenvalue weighted by Gasteiger charge is -2.32. The van der Waals surface area contributed by atoms with Crippen LogP contribution in [0.5, 0.6) is 0 Å². The zero-order valence-electron chi connectivity index (χ0n) is 16.9. The second-order valence-corrected chi connectivity index (χ2v) is 8.55. The normalized spacial score (nSPS) is 20.5. The van der Waals surface area contributed by atoms with Crippen LogP contribution in [0.4, 0.5) is 0 Å². The van der Waals surface area contributed by atoms with E-state index in [0.29, 0.717) is 12.5 Å². The number of carbonyl (C=O) groups is 1. The van der Waals surface area contributed by atoms with Gasteiger partial charge in [-0.1, -0.05) is 42.5 Å². The smallest absolute Gasteiger partial charge is 0.234 e. The maximum Gasteiger partial charge on any atom is 0.234 e. The molecule has 0 radical (unpaired) electrons. The summed E-state index contributed by atoms with van der Waals surface area (Å²) in [5.74, 6) is 0.743. The lowest BCUT2D eigenvalue weighted by atomic mass is 9.87. The number of fused-ring (bicyclic) bond motifs is 2. The monoisotopic (exact) mass is 387 g/mol. The molecule has 3 aromatic rings. The standard InChI is InChI=1S/C25H29N3O/c29-25(27-24-11-5-7-18-6-1-2-8-20(18)24)17-28-14-12-19(13-15-28)22-16-26-23-10-4-3-9-21(22)23/h1-4,6,8-10,16,19,24,26H,5,7,11-15,17H2,(H,27,29). The van der Waals surface area contributed by atoms with Gasteiger partial charge in [-0.3, -0.25) is 9.69 Å². The number of hydrogen-bond acceptors (Lipinski definition) is 2. The van der Waals surface area contributed by atoms with Gasteiger partial charge in [0.25, 0.3) is 0 Å². The van der Waals surface area contributed by atoms with E-state index in [2.05, 4.69) is 69.9 Å². The average molecular weight is 388 g/mol. The van der Waals surface area contributed by atoms with E-state index >= 15 is 0 Å². The first-order valence-electron chi connectivity index (χ1n) is 10.9. The molecule has 29 heavy (non-hydrogen) atoms. The summed E-state index contributed by atoms with van der Waals surface area (Å²) in [7, 11) is 0. The third-order valence-corrected chi connectivity index (χ3v) is 6.72. The molecule has 150 valence electrons. The highest BCUT2D eigenvalue weighted by atomic mass is 16.2. The van der Waals surface area contributed by atoms with Crippen LogP contribution in [-0.2, 0) is 11.2 Å². The van der Waals surface area contributed by atoms with Gasteiger partial charge < -0.3 is 10.3 Å². The van der Waals surface area contributed by atoms with Gasteiger partial charge in [-0.25, -0.2) is 0 Å². The number of carbonyl (C=O) groups excluding carboxylic acids is 1. The summed E-state index contributed by atoms with van der Waals surface area (Å²) in [6, 6.07) is 17.3. The van der Waals surface area contributed by atoms with Crippen LogP contribution >= 0.6 is 0 Å². The number of amides is 1. The highest BCUT2D eigenvalue weighted by molar-refractivity contribution is 5.83. The fourth-order valence-electron chi connectivity index (χ4n) is 5.18. The summed E-state index contributed by atoms with van der Waals surface area (Å²) < 4.78 is 0. The van der Waals surface area contributed by atoms with E-state index in [1.165, 1.54) is 27.6 Å². The van der Waals surface area contributed by atoms with Crippen LogP contribution in [0.15, 0.2) is 54.7 Å². The molecule has 4 nitrogen and oxygen atoms in total. The number of aromatic amines is 1. The van der Waals surface area contributed by atoms with Crippen molar-refractivity contribution in [3.05, 3.63) is 71.4 Å². The fourth-order valence-corrected chi connectivity index (χ4v) is 5.18. The average Bonchev–Trinajstić information content (AvgIpc) is 3.19. The Morgan fingerprint density at radius 1 is 1.00 bits per heavy atom. The largest absolute Gasteiger partial charge is 0.361 e. The van der Waals surface area contributed by atoms with Gasteiger partial charge >= 0.3 is 0 Å². The second-order valence-electron chi connectivity index (χ2n) is 8.55. The van der Waals surface area contributed by atoms with Crippen LogP contribution in [0, 0.1) is 0 Å². The highest BCUT2D eigenvalue weighted by Gasteiger charge is 2.26. The number of hydrogen-bond donors (Lipinski definition) is 2. The molecule has 1 aromatic heterocycles. The number of para-hydroxylation sites is 1. The topological polar surface area (TPSA) is 48.1 Å². The summed E-state index contributed by atoms with van der Waals surface area (Å²) in [4.78, 5) is 18.4. The summed E-state index contributed by atoms with van der Waals surface area (Å²) in [5, 5.41) is 4.65. The van der Waals surface area contributed by atoms with E-state index in [1.807, 2.05) is 0 Å². The molecule has 2 heterocycles. The Bertz CT molecular complexity index is 1000. The summed E-state index contributed by atoms with van der Waals surface area (Å²) in [6.07, 6.45) is 7.73. The maximum absolute atomic E-state index is 12.7. The molecule has 1 unspecified atom stereocenters. The van der Waals surface area contributed by atoms with Gasteiger partial charge in [-0.05, 0) is 73.9 Å². The van der Waals surface area contributed by atoms with E-state index in [4.69, 9.17) is 0 Å². The number of nitrogens with zero attached hydrogens (tertiary/aromatic N) is 1. The molecular weight excluding hydrogens is 358 g/mol. The van der Waals surface area contributed by atoms with Crippen molar-refractivity contribution in [3.8, 4) is 0 Å². The molecule has 1 saturated heterocycles. The summed E-state index contributed by atoms with van der Waals surface area (Å²) in [5.41, 5.74) is 5.36. The van der Waals surface area contributed by atoms with Crippen LogP contribution in [-0.4, -0.2) is 35.4 Å². The van der Waals surface area contributed by atoms with Crippen LogP contribution in [0.25, 0.3) is 10.9 Å². The van der Waals surface area contributed by atoms with E-state index in [0.717, 1.165) is 45.2 Å². The van der Waals surface area contributed by atoms with Crippen LogP contribution in [0.1, 0.15) is 54.3 Å². The maximum atomic E-state index is 12.7. The number of likely N-dealkylation sites (tertiary alicyclic amines) is 1. The zero-order chi connectivity index (χ0) is 19.6. The van der Waals surface area contributed by atoms with Crippen LogP contribution in [0.3, 0.4) is 0 Å². The number of benzene rings is 2. The SMILES string of the molecule is O=C(CN1CCC(c2c[nH]c3ccccc23)CC1)NC1CCCc2ccccc21. The Balaban J connectivity index is 1.17. The molecule has 2 aromatic carbocycles. The van der Waals surface area contributed by atoms with Crippen molar-refractivity contribution in [2.45, 2.75) is 44.1 Å². The van der Waals surface area contributed by atoms with Crippen molar-refractivity contribution in [1.29, 1.82) is 0 Å².